The Balaban J connectivity index is 2.32. The zero-order valence-electron chi connectivity index (χ0n) is 11.5. The van der Waals surface area contributed by atoms with E-state index >= 15 is 0 Å². The van der Waals surface area contributed by atoms with Gasteiger partial charge in [-0.3, -0.25) is 9.59 Å². The van der Waals surface area contributed by atoms with Gasteiger partial charge in [-0.15, -0.1) is 0 Å². The van der Waals surface area contributed by atoms with Gasteiger partial charge in [0.1, 0.15) is 11.5 Å². The zero-order valence-corrected chi connectivity index (χ0v) is 11.5. The number of anilines is 1. The molecule has 1 amide bonds. The minimum Gasteiger partial charge on any atom is -0.497 e. The van der Waals surface area contributed by atoms with Gasteiger partial charge < -0.3 is 19.5 Å². The largest absolute Gasteiger partial charge is 0.497 e. The summed E-state index contributed by atoms with van der Waals surface area (Å²) in [5.41, 5.74) is 0.595. The summed E-state index contributed by atoms with van der Waals surface area (Å²) in [6.45, 7) is 0.171. The van der Waals surface area contributed by atoms with E-state index in [2.05, 4.69) is 0 Å². The number of amides is 1. The quantitative estimate of drug-likeness (QED) is 0.904. The Kier molecular flexibility index (Phi) is 4.12. The van der Waals surface area contributed by atoms with Crippen molar-refractivity contribution < 1.29 is 24.2 Å². The van der Waals surface area contributed by atoms with Crippen molar-refractivity contribution in [2.24, 2.45) is 5.92 Å². The molecule has 0 radical (unpaired) electrons. The Bertz CT molecular complexity index is 506. The Morgan fingerprint density at radius 3 is 2.35 bits per heavy atom. The lowest BCUT2D eigenvalue weighted by Gasteiger charge is -2.31. The van der Waals surface area contributed by atoms with Gasteiger partial charge in [0.2, 0.25) is 5.91 Å². The standard InChI is InChI=1S/C14H17NO5/c1-19-11-5-10(6-12(7-11)20-2)15-8-9(14(17)18)3-4-13(15)16/h5-7,9H,3-4,8H2,1-2H3,(H,17,18). The van der Waals surface area contributed by atoms with Crippen LogP contribution in [0.2, 0.25) is 0 Å². The molecular weight excluding hydrogens is 262 g/mol. The van der Waals surface area contributed by atoms with Crippen LogP contribution in [0.5, 0.6) is 11.5 Å². The van der Waals surface area contributed by atoms with Crippen molar-refractivity contribution in [2.75, 3.05) is 25.7 Å². The van der Waals surface area contributed by atoms with Crippen LogP contribution in [0.4, 0.5) is 5.69 Å². The van der Waals surface area contributed by atoms with Crippen LogP contribution >= 0.6 is 0 Å². The highest BCUT2D eigenvalue weighted by atomic mass is 16.5. The van der Waals surface area contributed by atoms with Gasteiger partial charge >= 0.3 is 5.97 Å². The zero-order chi connectivity index (χ0) is 14.7. The SMILES string of the molecule is COc1cc(OC)cc(N2CC(C(=O)O)CCC2=O)c1. The number of benzene rings is 1. The van der Waals surface area contributed by atoms with E-state index in [1.165, 1.54) is 19.1 Å². The predicted molar refractivity (Wildman–Crippen MR) is 72.3 cm³/mol. The number of carbonyl (C=O) groups excluding carboxylic acids is 1. The number of hydrogen-bond acceptors (Lipinski definition) is 4. The van der Waals surface area contributed by atoms with Gasteiger partial charge in [-0.1, -0.05) is 0 Å². The van der Waals surface area contributed by atoms with Crippen molar-refractivity contribution in [3.8, 4) is 11.5 Å². The Morgan fingerprint density at radius 2 is 1.85 bits per heavy atom. The monoisotopic (exact) mass is 279 g/mol. The highest BCUT2D eigenvalue weighted by molar-refractivity contribution is 5.96. The van der Waals surface area contributed by atoms with Crippen molar-refractivity contribution in [3.63, 3.8) is 0 Å². The van der Waals surface area contributed by atoms with E-state index < -0.39 is 11.9 Å². The van der Waals surface area contributed by atoms with Crippen molar-refractivity contribution in [3.05, 3.63) is 18.2 Å². The summed E-state index contributed by atoms with van der Waals surface area (Å²) in [6, 6.07) is 5.10. The fourth-order valence-corrected chi connectivity index (χ4v) is 2.25. The smallest absolute Gasteiger partial charge is 0.308 e. The molecule has 1 aliphatic heterocycles. The fraction of sp³-hybridized carbons (Fsp3) is 0.429. The first-order valence-electron chi connectivity index (χ1n) is 6.31. The molecule has 108 valence electrons. The third kappa shape index (κ3) is 2.84. The summed E-state index contributed by atoms with van der Waals surface area (Å²) in [4.78, 5) is 24.6. The van der Waals surface area contributed by atoms with Gasteiger partial charge in [0.15, 0.2) is 0 Å². The maximum absolute atomic E-state index is 12.0. The van der Waals surface area contributed by atoms with Gasteiger partial charge in [-0.05, 0) is 6.42 Å². The molecular formula is C14H17NO5. The molecule has 1 fully saturated rings. The lowest BCUT2D eigenvalue weighted by atomic mass is 9.97. The van der Waals surface area contributed by atoms with Gasteiger partial charge in [0.05, 0.1) is 25.8 Å². The molecule has 0 bridgehead atoms. The van der Waals surface area contributed by atoms with E-state index in [1.54, 1.807) is 18.2 Å². The van der Waals surface area contributed by atoms with E-state index in [-0.39, 0.29) is 18.9 Å². The van der Waals surface area contributed by atoms with Gasteiger partial charge in [-0.25, -0.2) is 0 Å². The van der Waals surface area contributed by atoms with Crippen LogP contribution in [0, 0.1) is 5.92 Å². The molecule has 1 saturated heterocycles. The molecule has 1 atom stereocenters. The van der Waals surface area contributed by atoms with E-state index in [0.717, 1.165) is 0 Å². The minimum absolute atomic E-state index is 0.0854. The van der Waals surface area contributed by atoms with Crippen molar-refractivity contribution in [2.45, 2.75) is 12.8 Å². The van der Waals surface area contributed by atoms with Crippen LogP contribution in [-0.4, -0.2) is 37.7 Å². The Morgan fingerprint density at radius 1 is 1.25 bits per heavy atom. The minimum atomic E-state index is -0.877. The van der Waals surface area contributed by atoms with Crippen molar-refractivity contribution in [1.82, 2.24) is 0 Å². The summed E-state index contributed by atoms with van der Waals surface area (Å²) in [5, 5.41) is 9.10. The molecule has 0 spiro atoms. The highest BCUT2D eigenvalue weighted by Crippen LogP contribution is 2.31. The number of piperidine rings is 1. The molecule has 6 nitrogen and oxygen atoms in total. The summed E-state index contributed by atoms with van der Waals surface area (Å²) < 4.78 is 10.3. The van der Waals surface area contributed by atoms with Gasteiger partial charge in [0.25, 0.3) is 0 Å². The molecule has 1 aromatic rings. The van der Waals surface area contributed by atoms with E-state index in [4.69, 9.17) is 14.6 Å². The van der Waals surface area contributed by atoms with Crippen LogP contribution in [0.15, 0.2) is 18.2 Å². The lowest BCUT2D eigenvalue weighted by Crippen LogP contribution is -2.42. The number of carbonyl (C=O) groups is 2. The van der Waals surface area contributed by atoms with Crippen molar-refractivity contribution >= 4 is 17.6 Å². The summed E-state index contributed by atoms with van der Waals surface area (Å²) in [6.07, 6.45) is 0.613. The first-order valence-corrected chi connectivity index (χ1v) is 6.31. The second-order valence-electron chi connectivity index (χ2n) is 4.65. The Hall–Kier alpha value is -2.24. The maximum atomic E-state index is 12.0. The van der Waals surface area contributed by atoms with Crippen molar-refractivity contribution in [1.29, 1.82) is 0 Å². The summed E-state index contributed by atoms with van der Waals surface area (Å²) >= 11 is 0. The highest BCUT2D eigenvalue weighted by Gasteiger charge is 2.31. The van der Waals surface area contributed by atoms with E-state index in [0.29, 0.717) is 23.6 Å². The van der Waals surface area contributed by atoms with Gasteiger partial charge in [0, 0.05) is 31.2 Å². The third-order valence-corrected chi connectivity index (χ3v) is 3.41. The summed E-state index contributed by atoms with van der Waals surface area (Å²) in [7, 11) is 3.05. The predicted octanol–water partition coefficient (Wildman–Crippen LogP) is 1.53. The van der Waals surface area contributed by atoms with Crippen LogP contribution < -0.4 is 14.4 Å². The second kappa shape index (κ2) is 5.81. The molecule has 20 heavy (non-hydrogen) atoms. The molecule has 1 unspecified atom stereocenters. The number of aliphatic carboxylic acids is 1. The Labute approximate surface area is 116 Å². The topological polar surface area (TPSA) is 76.1 Å². The third-order valence-electron chi connectivity index (χ3n) is 3.41. The molecule has 0 saturated carbocycles. The first-order chi connectivity index (χ1) is 9.55. The molecule has 0 aromatic heterocycles. The molecule has 0 aliphatic carbocycles. The van der Waals surface area contributed by atoms with Crippen LogP contribution in [-0.2, 0) is 9.59 Å². The van der Waals surface area contributed by atoms with Crippen LogP contribution in [0.3, 0.4) is 0 Å². The fourth-order valence-electron chi connectivity index (χ4n) is 2.25. The normalized spacial score (nSPS) is 18.8. The average molecular weight is 279 g/mol. The number of methoxy groups -OCH3 is 2. The summed E-state index contributed by atoms with van der Waals surface area (Å²) in [5.74, 6) is -0.380. The molecule has 2 rings (SSSR count). The first kappa shape index (κ1) is 14.2. The molecule has 6 heteroatoms. The van der Waals surface area contributed by atoms with E-state index in [9.17, 15) is 9.59 Å². The second-order valence-corrected chi connectivity index (χ2v) is 4.65. The molecule has 1 heterocycles. The van der Waals surface area contributed by atoms with E-state index in [1.807, 2.05) is 0 Å². The lowest BCUT2D eigenvalue weighted by molar-refractivity contribution is -0.142. The average Bonchev–Trinajstić information content (AvgIpc) is 2.46. The number of carboxylic acid groups (broad SMARTS) is 1. The number of nitrogens with zero attached hydrogens (tertiary/aromatic N) is 1. The number of carboxylic acids is 1. The number of ether oxygens (including phenoxy) is 2. The van der Waals surface area contributed by atoms with Gasteiger partial charge in [-0.2, -0.15) is 0 Å². The van der Waals surface area contributed by atoms with Crippen LogP contribution in [0.25, 0.3) is 0 Å². The molecule has 1 aromatic carbocycles. The molecule has 1 N–H and O–H groups in total. The number of rotatable bonds is 4. The maximum Gasteiger partial charge on any atom is 0.308 e. The molecule has 1 aliphatic rings. The van der Waals surface area contributed by atoms with Crippen LogP contribution in [0.1, 0.15) is 12.8 Å². The number of hydrogen-bond donors (Lipinski definition) is 1.